The lowest BCUT2D eigenvalue weighted by Crippen LogP contribution is -2.06. The Kier molecular flexibility index (Phi) is 3.69. The number of nitrogens with one attached hydrogen (secondary N) is 2. The summed E-state index contributed by atoms with van der Waals surface area (Å²) in [6.07, 6.45) is 0. The number of nitrogens with zero attached hydrogens (tertiary/aromatic N) is 2. The molecule has 1 heterocycles. The summed E-state index contributed by atoms with van der Waals surface area (Å²) in [7, 11) is 1.87. The zero-order valence-electron chi connectivity index (χ0n) is 12.1. The Hall–Kier alpha value is -2.10. The average Bonchev–Trinajstić information content (AvgIpc) is 2.38. The van der Waals surface area contributed by atoms with Crippen molar-refractivity contribution < 1.29 is 0 Å². The molecule has 2 rings (SSSR count). The van der Waals surface area contributed by atoms with Gasteiger partial charge >= 0.3 is 0 Å². The fourth-order valence-corrected chi connectivity index (χ4v) is 2.01. The van der Waals surface area contributed by atoms with Gasteiger partial charge in [-0.3, -0.25) is 0 Å². The van der Waals surface area contributed by atoms with E-state index in [1.165, 1.54) is 11.1 Å². The number of hydrogen-bond donors (Lipinski definition) is 2. The lowest BCUT2D eigenvalue weighted by atomic mass is 10.1. The summed E-state index contributed by atoms with van der Waals surface area (Å²) in [5.41, 5.74) is 4.61. The van der Waals surface area contributed by atoms with Gasteiger partial charge < -0.3 is 10.6 Å². The van der Waals surface area contributed by atoms with Crippen molar-refractivity contribution in [1.29, 1.82) is 0 Å². The van der Waals surface area contributed by atoms with E-state index in [2.05, 4.69) is 46.6 Å². The smallest absolute Gasteiger partial charge is 0.139 e. The van der Waals surface area contributed by atoms with Crippen LogP contribution in [0.5, 0.6) is 0 Å². The molecule has 0 bridgehead atoms. The largest absolute Gasteiger partial charge is 0.373 e. The van der Waals surface area contributed by atoms with Crippen LogP contribution in [-0.4, -0.2) is 17.0 Å². The number of rotatable bonds is 3. The highest BCUT2D eigenvalue weighted by Gasteiger charge is 2.09. The fourth-order valence-electron chi connectivity index (χ4n) is 2.01. The van der Waals surface area contributed by atoms with Gasteiger partial charge in [-0.1, -0.05) is 12.1 Å². The summed E-state index contributed by atoms with van der Waals surface area (Å²) in [4.78, 5) is 8.86. The number of hydrogen-bond acceptors (Lipinski definition) is 4. The Labute approximate surface area is 114 Å². The molecule has 0 saturated heterocycles. The molecule has 0 fully saturated rings. The second kappa shape index (κ2) is 5.26. The standard InChI is InChI=1S/C15H20N4/c1-9-7-6-8-13(10(9)2)19-15-11(3)14(16-5)17-12(4)18-15/h6-8H,1-5H3,(H2,16,17,18,19). The first-order valence-corrected chi connectivity index (χ1v) is 6.39. The van der Waals surface area contributed by atoms with E-state index in [-0.39, 0.29) is 0 Å². The minimum atomic E-state index is 0.753. The SMILES string of the molecule is CNc1nc(C)nc(Nc2cccc(C)c2C)c1C. The maximum atomic E-state index is 4.49. The van der Waals surface area contributed by atoms with Crippen molar-refractivity contribution in [3.8, 4) is 0 Å². The Morgan fingerprint density at radius 2 is 1.58 bits per heavy atom. The summed E-state index contributed by atoms with van der Waals surface area (Å²) in [5, 5.41) is 6.50. The first-order valence-electron chi connectivity index (χ1n) is 6.39. The van der Waals surface area contributed by atoms with Crippen LogP contribution in [0.4, 0.5) is 17.3 Å². The predicted molar refractivity (Wildman–Crippen MR) is 80.3 cm³/mol. The van der Waals surface area contributed by atoms with Gasteiger partial charge in [-0.2, -0.15) is 0 Å². The van der Waals surface area contributed by atoms with Crippen LogP contribution in [0.25, 0.3) is 0 Å². The van der Waals surface area contributed by atoms with Crippen molar-refractivity contribution in [2.75, 3.05) is 17.7 Å². The van der Waals surface area contributed by atoms with Crippen LogP contribution in [0, 0.1) is 27.7 Å². The molecule has 4 nitrogen and oxygen atoms in total. The molecule has 0 aliphatic carbocycles. The molecule has 2 N–H and O–H groups in total. The van der Waals surface area contributed by atoms with Crippen LogP contribution in [0.15, 0.2) is 18.2 Å². The third-order valence-electron chi connectivity index (χ3n) is 3.35. The average molecular weight is 256 g/mol. The molecule has 0 aliphatic rings. The van der Waals surface area contributed by atoms with Crippen molar-refractivity contribution in [2.24, 2.45) is 0 Å². The van der Waals surface area contributed by atoms with Gasteiger partial charge in [-0.05, 0) is 44.9 Å². The highest BCUT2D eigenvalue weighted by molar-refractivity contribution is 5.67. The zero-order valence-corrected chi connectivity index (χ0v) is 12.1. The van der Waals surface area contributed by atoms with E-state index in [0.717, 1.165) is 28.7 Å². The number of aromatic nitrogens is 2. The lowest BCUT2D eigenvalue weighted by Gasteiger charge is -2.15. The quantitative estimate of drug-likeness (QED) is 0.882. The topological polar surface area (TPSA) is 49.8 Å². The molecule has 100 valence electrons. The minimum Gasteiger partial charge on any atom is -0.373 e. The highest BCUT2D eigenvalue weighted by atomic mass is 15.1. The Bertz CT molecular complexity index is 605. The minimum absolute atomic E-state index is 0.753. The summed E-state index contributed by atoms with van der Waals surface area (Å²) < 4.78 is 0. The van der Waals surface area contributed by atoms with E-state index in [9.17, 15) is 0 Å². The van der Waals surface area contributed by atoms with E-state index >= 15 is 0 Å². The molecule has 0 unspecified atom stereocenters. The molecular formula is C15H20N4. The van der Waals surface area contributed by atoms with Crippen molar-refractivity contribution in [2.45, 2.75) is 27.7 Å². The number of benzene rings is 1. The van der Waals surface area contributed by atoms with Crippen molar-refractivity contribution >= 4 is 17.3 Å². The van der Waals surface area contributed by atoms with E-state index in [1.807, 2.05) is 27.0 Å². The zero-order chi connectivity index (χ0) is 14.0. The highest BCUT2D eigenvalue weighted by Crippen LogP contribution is 2.26. The van der Waals surface area contributed by atoms with E-state index in [4.69, 9.17) is 0 Å². The fraction of sp³-hybridized carbons (Fsp3) is 0.333. The molecule has 19 heavy (non-hydrogen) atoms. The second-order valence-corrected chi connectivity index (χ2v) is 4.72. The van der Waals surface area contributed by atoms with Gasteiger partial charge in [0.25, 0.3) is 0 Å². The first-order chi connectivity index (χ1) is 9.02. The Morgan fingerprint density at radius 1 is 0.895 bits per heavy atom. The van der Waals surface area contributed by atoms with Gasteiger partial charge in [-0.25, -0.2) is 9.97 Å². The van der Waals surface area contributed by atoms with Gasteiger partial charge in [-0.15, -0.1) is 0 Å². The first kappa shape index (κ1) is 13.3. The summed E-state index contributed by atoms with van der Waals surface area (Å²) >= 11 is 0. The molecular weight excluding hydrogens is 236 g/mol. The molecule has 0 atom stereocenters. The maximum absolute atomic E-state index is 4.49. The summed E-state index contributed by atoms with van der Waals surface area (Å²) in [6.45, 7) is 8.13. The van der Waals surface area contributed by atoms with Crippen LogP contribution in [0.1, 0.15) is 22.5 Å². The van der Waals surface area contributed by atoms with Crippen LogP contribution in [-0.2, 0) is 0 Å². The van der Waals surface area contributed by atoms with E-state index in [0.29, 0.717) is 0 Å². The van der Waals surface area contributed by atoms with Crippen molar-refractivity contribution in [3.05, 3.63) is 40.7 Å². The Balaban J connectivity index is 2.43. The van der Waals surface area contributed by atoms with Crippen LogP contribution < -0.4 is 10.6 Å². The van der Waals surface area contributed by atoms with Crippen molar-refractivity contribution in [3.63, 3.8) is 0 Å². The Morgan fingerprint density at radius 3 is 2.26 bits per heavy atom. The van der Waals surface area contributed by atoms with Gasteiger partial charge in [0.2, 0.25) is 0 Å². The molecule has 0 saturated carbocycles. The van der Waals surface area contributed by atoms with E-state index in [1.54, 1.807) is 0 Å². The molecule has 0 amide bonds. The summed E-state index contributed by atoms with van der Waals surface area (Å²) in [6, 6.07) is 6.23. The monoisotopic (exact) mass is 256 g/mol. The third-order valence-corrected chi connectivity index (χ3v) is 3.35. The lowest BCUT2D eigenvalue weighted by molar-refractivity contribution is 1.03. The molecule has 0 aliphatic heterocycles. The van der Waals surface area contributed by atoms with Crippen LogP contribution in [0.3, 0.4) is 0 Å². The molecule has 4 heteroatoms. The number of aryl methyl sites for hydroxylation is 2. The molecule has 2 aromatic rings. The molecule has 0 spiro atoms. The molecule has 0 radical (unpaired) electrons. The van der Waals surface area contributed by atoms with Gasteiger partial charge in [0.1, 0.15) is 17.5 Å². The van der Waals surface area contributed by atoms with Gasteiger partial charge in [0.15, 0.2) is 0 Å². The van der Waals surface area contributed by atoms with Crippen molar-refractivity contribution in [1.82, 2.24) is 9.97 Å². The van der Waals surface area contributed by atoms with Crippen LogP contribution in [0.2, 0.25) is 0 Å². The molecule has 1 aromatic carbocycles. The molecule has 1 aromatic heterocycles. The summed E-state index contributed by atoms with van der Waals surface area (Å²) in [5.74, 6) is 2.47. The van der Waals surface area contributed by atoms with E-state index < -0.39 is 0 Å². The van der Waals surface area contributed by atoms with Crippen LogP contribution >= 0.6 is 0 Å². The normalized spacial score (nSPS) is 10.4. The maximum Gasteiger partial charge on any atom is 0.139 e. The third kappa shape index (κ3) is 2.67. The van der Waals surface area contributed by atoms with Gasteiger partial charge in [0.05, 0.1) is 0 Å². The predicted octanol–water partition coefficient (Wildman–Crippen LogP) is 3.50. The second-order valence-electron chi connectivity index (χ2n) is 4.72. The van der Waals surface area contributed by atoms with Gasteiger partial charge in [0, 0.05) is 18.3 Å². The number of anilines is 3.